The number of esters is 1. The van der Waals surface area contributed by atoms with Gasteiger partial charge in [-0.1, -0.05) is 25.5 Å². The number of hydrogen-bond acceptors (Lipinski definition) is 4. The molecular formula is C18H19NO4. The lowest BCUT2D eigenvalue weighted by Gasteiger charge is -2.10. The molecule has 0 saturated carbocycles. The van der Waals surface area contributed by atoms with Crippen molar-refractivity contribution < 1.29 is 19.4 Å². The highest BCUT2D eigenvalue weighted by molar-refractivity contribution is 5.95. The summed E-state index contributed by atoms with van der Waals surface area (Å²) in [7, 11) is 0. The zero-order valence-electron chi connectivity index (χ0n) is 12.9. The van der Waals surface area contributed by atoms with Crippen LogP contribution in [0.15, 0.2) is 48.5 Å². The predicted molar refractivity (Wildman–Crippen MR) is 88.3 cm³/mol. The molecule has 0 aliphatic rings. The van der Waals surface area contributed by atoms with Crippen LogP contribution in [0.2, 0.25) is 0 Å². The van der Waals surface area contributed by atoms with Crippen LogP contribution in [0.1, 0.15) is 40.5 Å². The van der Waals surface area contributed by atoms with E-state index in [0.717, 1.165) is 12.8 Å². The van der Waals surface area contributed by atoms with Crippen molar-refractivity contribution in [2.24, 2.45) is 0 Å². The molecule has 0 aliphatic carbocycles. The van der Waals surface area contributed by atoms with E-state index in [1.54, 1.807) is 42.5 Å². The van der Waals surface area contributed by atoms with E-state index >= 15 is 0 Å². The third-order valence-electron chi connectivity index (χ3n) is 3.29. The summed E-state index contributed by atoms with van der Waals surface area (Å²) in [5.41, 5.74) is 1.86. The lowest BCUT2D eigenvalue weighted by molar-refractivity contribution is 0.0499. The summed E-state index contributed by atoms with van der Waals surface area (Å²) in [6.07, 6.45) is 1.82. The Morgan fingerprint density at radius 1 is 1.09 bits per heavy atom. The number of rotatable bonds is 7. The van der Waals surface area contributed by atoms with Gasteiger partial charge in [0, 0.05) is 5.69 Å². The molecule has 0 heterocycles. The Labute approximate surface area is 134 Å². The molecule has 0 spiro atoms. The predicted octanol–water partition coefficient (Wildman–Crippen LogP) is 4.09. The molecule has 0 saturated heterocycles. The highest BCUT2D eigenvalue weighted by Crippen LogP contribution is 2.21. The number of aromatic carboxylic acids is 1. The molecule has 0 amide bonds. The molecule has 0 bridgehead atoms. The second kappa shape index (κ2) is 7.98. The minimum atomic E-state index is -0.996. The zero-order valence-corrected chi connectivity index (χ0v) is 12.9. The highest BCUT2D eigenvalue weighted by atomic mass is 16.5. The van der Waals surface area contributed by atoms with E-state index in [0.29, 0.717) is 23.5 Å². The number of carboxylic acids is 1. The number of anilines is 2. The summed E-state index contributed by atoms with van der Waals surface area (Å²) < 4.78 is 5.14. The Bertz CT molecular complexity index is 680. The number of para-hydroxylation sites is 1. The van der Waals surface area contributed by atoms with Gasteiger partial charge in [-0.15, -0.1) is 0 Å². The maximum atomic E-state index is 11.8. The first-order valence-corrected chi connectivity index (χ1v) is 7.48. The van der Waals surface area contributed by atoms with Gasteiger partial charge in [0.15, 0.2) is 0 Å². The van der Waals surface area contributed by atoms with Gasteiger partial charge in [0.2, 0.25) is 0 Å². The Hall–Kier alpha value is -2.82. The third-order valence-corrected chi connectivity index (χ3v) is 3.29. The van der Waals surface area contributed by atoms with Crippen molar-refractivity contribution in [2.75, 3.05) is 11.9 Å². The fourth-order valence-corrected chi connectivity index (χ4v) is 2.02. The van der Waals surface area contributed by atoms with Crippen LogP contribution in [-0.2, 0) is 4.74 Å². The van der Waals surface area contributed by atoms with E-state index in [9.17, 15) is 9.59 Å². The molecule has 2 rings (SSSR count). The van der Waals surface area contributed by atoms with Gasteiger partial charge in [0.25, 0.3) is 0 Å². The number of unbranched alkanes of at least 4 members (excludes halogenated alkanes) is 1. The summed E-state index contributed by atoms with van der Waals surface area (Å²) in [4.78, 5) is 23.0. The normalized spacial score (nSPS) is 10.1. The minimum Gasteiger partial charge on any atom is -0.478 e. The molecule has 0 unspecified atom stereocenters. The molecule has 0 aliphatic heterocycles. The van der Waals surface area contributed by atoms with Gasteiger partial charge in [0.1, 0.15) is 0 Å². The molecular weight excluding hydrogens is 294 g/mol. The molecule has 5 heteroatoms. The van der Waals surface area contributed by atoms with Gasteiger partial charge in [-0.3, -0.25) is 0 Å². The molecule has 23 heavy (non-hydrogen) atoms. The topological polar surface area (TPSA) is 75.6 Å². The minimum absolute atomic E-state index is 0.190. The van der Waals surface area contributed by atoms with Gasteiger partial charge in [-0.05, 0) is 42.8 Å². The quantitative estimate of drug-likeness (QED) is 0.595. The Balaban J connectivity index is 2.06. The fourth-order valence-electron chi connectivity index (χ4n) is 2.02. The number of carbonyl (C=O) groups is 2. The van der Waals surface area contributed by atoms with Crippen LogP contribution in [0, 0.1) is 0 Å². The summed E-state index contributed by atoms with van der Waals surface area (Å²) in [5, 5.41) is 12.2. The lowest BCUT2D eigenvalue weighted by Crippen LogP contribution is -2.06. The van der Waals surface area contributed by atoms with Crippen molar-refractivity contribution in [1.29, 1.82) is 0 Å². The van der Waals surface area contributed by atoms with Gasteiger partial charge in [0.05, 0.1) is 23.4 Å². The SMILES string of the molecule is CCCCOC(=O)c1ccc(Nc2ccccc2C(=O)O)cc1. The van der Waals surface area contributed by atoms with Crippen LogP contribution in [0.4, 0.5) is 11.4 Å². The molecule has 0 radical (unpaired) electrons. The van der Waals surface area contributed by atoms with Gasteiger partial charge in [-0.2, -0.15) is 0 Å². The lowest BCUT2D eigenvalue weighted by atomic mass is 10.1. The number of nitrogens with one attached hydrogen (secondary N) is 1. The first-order valence-electron chi connectivity index (χ1n) is 7.48. The van der Waals surface area contributed by atoms with Crippen molar-refractivity contribution in [3.8, 4) is 0 Å². The van der Waals surface area contributed by atoms with E-state index in [1.165, 1.54) is 6.07 Å². The standard InChI is InChI=1S/C18H19NO4/c1-2-3-12-23-18(22)13-8-10-14(11-9-13)19-16-7-5-4-6-15(16)17(20)21/h4-11,19H,2-3,12H2,1H3,(H,20,21). The zero-order chi connectivity index (χ0) is 16.7. The van der Waals surface area contributed by atoms with E-state index < -0.39 is 5.97 Å². The monoisotopic (exact) mass is 313 g/mol. The smallest absolute Gasteiger partial charge is 0.338 e. The Morgan fingerprint density at radius 2 is 1.78 bits per heavy atom. The molecule has 120 valence electrons. The molecule has 0 atom stereocenters. The van der Waals surface area contributed by atoms with Crippen molar-refractivity contribution in [3.63, 3.8) is 0 Å². The fraction of sp³-hybridized carbons (Fsp3) is 0.222. The highest BCUT2D eigenvalue weighted by Gasteiger charge is 2.10. The summed E-state index contributed by atoms with van der Waals surface area (Å²) >= 11 is 0. The van der Waals surface area contributed by atoms with Gasteiger partial charge >= 0.3 is 11.9 Å². The van der Waals surface area contributed by atoms with Crippen molar-refractivity contribution in [2.45, 2.75) is 19.8 Å². The average molecular weight is 313 g/mol. The summed E-state index contributed by atoms with van der Waals surface area (Å²) in [5.74, 6) is -1.35. The second-order valence-electron chi connectivity index (χ2n) is 5.04. The molecule has 2 N–H and O–H groups in total. The molecule has 0 fully saturated rings. The molecule has 0 aromatic heterocycles. The number of hydrogen-bond donors (Lipinski definition) is 2. The van der Waals surface area contributed by atoms with E-state index in [4.69, 9.17) is 9.84 Å². The van der Waals surface area contributed by atoms with E-state index in [-0.39, 0.29) is 11.5 Å². The van der Waals surface area contributed by atoms with Crippen LogP contribution >= 0.6 is 0 Å². The van der Waals surface area contributed by atoms with Crippen LogP contribution in [0.5, 0.6) is 0 Å². The van der Waals surface area contributed by atoms with E-state index in [2.05, 4.69) is 5.32 Å². The maximum absolute atomic E-state index is 11.8. The number of benzene rings is 2. The van der Waals surface area contributed by atoms with Gasteiger partial charge < -0.3 is 15.2 Å². The number of carbonyl (C=O) groups excluding carboxylic acids is 1. The van der Waals surface area contributed by atoms with Crippen LogP contribution in [0.25, 0.3) is 0 Å². The van der Waals surface area contributed by atoms with Crippen molar-refractivity contribution in [1.82, 2.24) is 0 Å². The third kappa shape index (κ3) is 4.57. The maximum Gasteiger partial charge on any atom is 0.338 e. The summed E-state index contributed by atoms with van der Waals surface area (Å²) in [6, 6.07) is 13.4. The number of carboxylic acid groups (broad SMARTS) is 1. The van der Waals surface area contributed by atoms with Crippen LogP contribution in [0.3, 0.4) is 0 Å². The first kappa shape index (κ1) is 16.5. The van der Waals surface area contributed by atoms with Crippen LogP contribution < -0.4 is 5.32 Å². The van der Waals surface area contributed by atoms with Crippen molar-refractivity contribution >= 4 is 23.3 Å². The van der Waals surface area contributed by atoms with E-state index in [1.807, 2.05) is 6.92 Å². The molecule has 2 aromatic rings. The first-order chi connectivity index (χ1) is 11.1. The number of ether oxygens (including phenoxy) is 1. The average Bonchev–Trinajstić information content (AvgIpc) is 2.56. The molecule has 2 aromatic carbocycles. The Morgan fingerprint density at radius 3 is 2.43 bits per heavy atom. The largest absolute Gasteiger partial charge is 0.478 e. The van der Waals surface area contributed by atoms with Crippen molar-refractivity contribution in [3.05, 3.63) is 59.7 Å². The van der Waals surface area contributed by atoms with Gasteiger partial charge in [-0.25, -0.2) is 9.59 Å². The second-order valence-corrected chi connectivity index (χ2v) is 5.04. The Kier molecular flexibility index (Phi) is 5.74. The summed E-state index contributed by atoms with van der Waals surface area (Å²) in [6.45, 7) is 2.45. The van der Waals surface area contributed by atoms with Crippen LogP contribution in [-0.4, -0.2) is 23.7 Å². The molecule has 5 nitrogen and oxygen atoms in total.